The molecule has 10 heteroatoms. The van der Waals surface area contributed by atoms with Crippen molar-refractivity contribution in [1.82, 2.24) is 0 Å². The SMILES string of the molecule is CCCCCCC[CH2][Zn][CH2]CCC.O=P(O)(O)OS(=O)(=O)O. The number of hydrogen-bond acceptors (Lipinski definition) is 4. The molecule has 132 valence electrons. The molecule has 0 rings (SSSR count). The molecular formula is C12H29O7PSZn. The second-order valence-corrected chi connectivity index (χ2v) is 12.1. The zero-order chi connectivity index (χ0) is 17.5. The van der Waals surface area contributed by atoms with E-state index in [4.69, 9.17) is 14.3 Å². The van der Waals surface area contributed by atoms with Gasteiger partial charge in [-0.1, -0.05) is 0 Å². The van der Waals surface area contributed by atoms with Gasteiger partial charge in [-0.05, 0) is 0 Å². The van der Waals surface area contributed by atoms with E-state index < -0.39 is 18.2 Å². The van der Waals surface area contributed by atoms with Crippen molar-refractivity contribution in [3.63, 3.8) is 0 Å². The Morgan fingerprint density at radius 1 is 0.909 bits per heavy atom. The van der Waals surface area contributed by atoms with Crippen LogP contribution >= 0.6 is 7.82 Å². The third-order valence-corrected chi connectivity index (χ3v) is 8.62. The Morgan fingerprint density at radius 2 is 1.36 bits per heavy atom. The molecule has 0 amide bonds. The van der Waals surface area contributed by atoms with E-state index in [1.165, 1.54) is 44.9 Å². The molecule has 0 aromatic carbocycles. The van der Waals surface area contributed by atoms with E-state index in [9.17, 15) is 13.0 Å². The van der Waals surface area contributed by atoms with Crippen molar-refractivity contribution < 1.29 is 48.4 Å². The molecule has 0 heterocycles. The summed E-state index contributed by atoms with van der Waals surface area (Å²) in [6, 6.07) is 0. The van der Waals surface area contributed by atoms with Gasteiger partial charge in [0.2, 0.25) is 0 Å². The van der Waals surface area contributed by atoms with E-state index in [-0.39, 0.29) is 17.1 Å². The summed E-state index contributed by atoms with van der Waals surface area (Å²) >= 11 is -0.0287. The Labute approximate surface area is 142 Å². The zero-order valence-electron chi connectivity index (χ0n) is 13.6. The van der Waals surface area contributed by atoms with E-state index in [1.807, 2.05) is 0 Å². The van der Waals surface area contributed by atoms with Gasteiger partial charge in [0.15, 0.2) is 0 Å². The van der Waals surface area contributed by atoms with Crippen LogP contribution in [0.2, 0.25) is 10.0 Å². The summed E-state index contributed by atoms with van der Waals surface area (Å²) < 4.78 is 39.0. The fourth-order valence-corrected chi connectivity index (χ4v) is 6.86. The first-order valence-electron chi connectivity index (χ1n) is 7.86. The molecular weight excluding hydrogens is 385 g/mol. The van der Waals surface area contributed by atoms with Crippen LogP contribution in [0.5, 0.6) is 0 Å². The maximum atomic E-state index is 9.58. The fourth-order valence-electron chi connectivity index (χ4n) is 1.86. The molecule has 0 atom stereocenters. The number of phosphoric acid groups is 1. The minimum Gasteiger partial charge on any atom is -0.302 e. The second kappa shape index (κ2) is 15.2. The Hall–Kier alpha value is 0.643. The van der Waals surface area contributed by atoms with Gasteiger partial charge in [0, 0.05) is 0 Å². The number of unbranched alkanes of at least 4 members (excludes halogenated alkanes) is 6. The van der Waals surface area contributed by atoms with Crippen molar-refractivity contribution in [3.05, 3.63) is 0 Å². The molecule has 0 saturated carbocycles. The van der Waals surface area contributed by atoms with E-state index in [2.05, 4.69) is 17.8 Å². The third-order valence-electron chi connectivity index (χ3n) is 2.90. The molecule has 0 aromatic rings. The maximum absolute atomic E-state index is 9.58. The zero-order valence-corrected chi connectivity index (χ0v) is 18.3. The van der Waals surface area contributed by atoms with Gasteiger partial charge in [-0.2, -0.15) is 8.42 Å². The number of rotatable bonds is 12. The van der Waals surface area contributed by atoms with E-state index in [1.54, 1.807) is 16.5 Å². The predicted molar refractivity (Wildman–Crippen MR) is 82.6 cm³/mol. The molecule has 22 heavy (non-hydrogen) atoms. The summed E-state index contributed by atoms with van der Waals surface area (Å²) in [4.78, 5) is 15.4. The quantitative estimate of drug-likeness (QED) is 0.191. The topological polar surface area (TPSA) is 121 Å². The second-order valence-electron chi connectivity index (χ2n) is 5.17. The predicted octanol–water partition coefficient (Wildman–Crippen LogP) is 3.96. The van der Waals surface area contributed by atoms with Gasteiger partial charge in [-0.3, -0.25) is 4.55 Å². The van der Waals surface area contributed by atoms with Crippen LogP contribution in [-0.2, 0) is 36.1 Å². The van der Waals surface area contributed by atoms with Gasteiger partial charge in [0.05, 0.1) is 0 Å². The summed E-state index contributed by atoms with van der Waals surface area (Å²) in [6.45, 7) is 4.60. The normalized spacial score (nSPS) is 11.5. The summed E-state index contributed by atoms with van der Waals surface area (Å²) in [5.41, 5.74) is 0. The Bertz CT molecular complexity index is 373. The van der Waals surface area contributed by atoms with E-state index >= 15 is 0 Å². The van der Waals surface area contributed by atoms with Crippen molar-refractivity contribution in [1.29, 1.82) is 0 Å². The fraction of sp³-hybridized carbons (Fsp3) is 1.00. The number of hydrogen-bond donors (Lipinski definition) is 3. The van der Waals surface area contributed by atoms with Crippen LogP contribution in [0.4, 0.5) is 0 Å². The minimum atomic E-state index is -5.13. The molecule has 0 aliphatic heterocycles. The Balaban J connectivity index is 0. The molecule has 0 saturated heterocycles. The van der Waals surface area contributed by atoms with Crippen LogP contribution in [0.3, 0.4) is 0 Å². The minimum absolute atomic E-state index is 0.0287. The molecule has 0 bridgehead atoms. The van der Waals surface area contributed by atoms with Crippen LogP contribution in [0.25, 0.3) is 0 Å². The van der Waals surface area contributed by atoms with Crippen molar-refractivity contribution in [2.24, 2.45) is 0 Å². The average Bonchev–Trinajstić information content (AvgIpc) is 2.33. The van der Waals surface area contributed by atoms with Gasteiger partial charge in [-0.25, -0.2) is 4.57 Å². The average molecular weight is 414 g/mol. The van der Waals surface area contributed by atoms with Gasteiger partial charge in [-0.15, -0.1) is 3.97 Å². The first kappa shape index (κ1) is 24.9. The largest absolute Gasteiger partial charge is 0.486 e. The van der Waals surface area contributed by atoms with Crippen LogP contribution in [0, 0.1) is 0 Å². The van der Waals surface area contributed by atoms with Gasteiger partial charge < -0.3 is 9.79 Å². The standard InChI is InChI=1S/C8H17.C4H9.H3O7PS.Zn/c1-3-5-7-8-6-4-2;1-3-4-2;1-8(2,3)7-9(4,5)6;/h1,3-8H2,2H3;1,3-4H2,2H3;(H2,1,2,3)(H,4,5,6);. The van der Waals surface area contributed by atoms with Crippen molar-refractivity contribution >= 4 is 18.2 Å². The molecule has 0 spiro atoms. The van der Waals surface area contributed by atoms with Crippen molar-refractivity contribution in [3.8, 4) is 0 Å². The van der Waals surface area contributed by atoms with Crippen LogP contribution in [0.15, 0.2) is 0 Å². The van der Waals surface area contributed by atoms with E-state index in [0.717, 1.165) is 0 Å². The first-order valence-corrected chi connectivity index (χ1v) is 15.0. The Kier molecular flexibility index (Phi) is 17.2. The molecule has 0 aliphatic carbocycles. The summed E-state index contributed by atoms with van der Waals surface area (Å²) in [5.74, 6) is 0. The summed E-state index contributed by atoms with van der Waals surface area (Å²) in [6.07, 6.45) is 11.9. The van der Waals surface area contributed by atoms with Crippen molar-refractivity contribution in [2.75, 3.05) is 0 Å². The smallest absolute Gasteiger partial charge is 0.302 e. The van der Waals surface area contributed by atoms with Crippen LogP contribution in [-0.4, -0.2) is 22.8 Å². The van der Waals surface area contributed by atoms with Gasteiger partial charge >= 0.3 is 111 Å². The van der Waals surface area contributed by atoms with E-state index in [0.29, 0.717) is 0 Å². The first-order chi connectivity index (χ1) is 10.1. The van der Waals surface area contributed by atoms with Crippen LogP contribution < -0.4 is 0 Å². The molecule has 0 radical (unpaired) electrons. The maximum Gasteiger partial charge on any atom is 0.486 e. The molecule has 0 aromatic heterocycles. The summed E-state index contributed by atoms with van der Waals surface area (Å²) in [7, 11) is -10.2. The molecule has 0 aliphatic rings. The van der Waals surface area contributed by atoms with Crippen LogP contribution in [0.1, 0.15) is 65.2 Å². The molecule has 7 nitrogen and oxygen atoms in total. The van der Waals surface area contributed by atoms with Gasteiger partial charge in [0.25, 0.3) is 0 Å². The molecule has 0 unspecified atom stereocenters. The molecule has 3 N–H and O–H groups in total. The van der Waals surface area contributed by atoms with Crippen molar-refractivity contribution in [2.45, 2.75) is 75.2 Å². The molecule has 0 fully saturated rings. The monoisotopic (exact) mass is 412 g/mol. The third kappa shape index (κ3) is 28.8. The Morgan fingerprint density at radius 3 is 1.77 bits per heavy atom. The summed E-state index contributed by atoms with van der Waals surface area (Å²) in [5, 5.41) is 3.32. The van der Waals surface area contributed by atoms with Gasteiger partial charge in [0.1, 0.15) is 0 Å².